The highest BCUT2D eigenvalue weighted by molar-refractivity contribution is 5.31. The van der Waals surface area contributed by atoms with Gasteiger partial charge in [0.2, 0.25) is 0 Å². The number of rotatable bonds is 6. The summed E-state index contributed by atoms with van der Waals surface area (Å²) in [5.41, 5.74) is 1.75. The molecule has 8 heteroatoms. The number of alkyl halides is 3. The Labute approximate surface area is 178 Å². The lowest BCUT2D eigenvalue weighted by molar-refractivity contribution is -0.137. The molecule has 31 heavy (non-hydrogen) atoms. The van der Waals surface area contributed by atoms with Crippen LogP contribution < -0.4 is 4.74 Å². The zero-order valence-corrected chi connectivity index (χ0v) is 17.1. The van der Waals surface area contributed by atoms with E-state index in [1.165, 1.54) is 23.3 Å². The van der Waals surface area contributed by atoms with Crippen LogP contribution in [-0.2, 0) is 26.2 Å². The Bertz CT molecular complexity index is 1020. The van der Waals surface area contributed by atoms with Gasteiger partial charge in [0.05, 0.1) is 11.6 Å². The van der Waals surface area contributed by atoms with E-state index in [4.69, 9.17) is 4.74 Å². The number of aliphatic hydroxyl groups excluding tert-OH is 1. The van der Waals surface area contributed by atoms with Gasteiger partial charge in [-0.2, -0.15) is 13.2 Å². The van der Waals surface area contributed by atoms with Crippen LogP contribution in [0.4, 0.5) is 13.2 Å². The monoisotopic (exact) mass is 431 g/mol. The predicted molar refractivity (Wildman–Crippen MR) is 109 cm³/mol. The summed E-state index contributed by atoms with van der Waals surface area (Å²) in [5.74, 6) is 1.21. The van der Waals surface area contributed by atoms with Crippen LogP contribution in [0.3, 0.4) is 0 Å². The highest BCUT2D eigenvalue weighted by Crippen LogP contribution is 2.33. The van der Waals surface area contributed by atoms with Crippen LogP contribution in [0.1, 0.15) is 28.6 Å². The number of hydrogen-bond acceptors (Lipinski definition) is 4. The van der Waals surface area contributed by atoms with E-state index in [1.54, 1.807) is 6.20 Å². The van der Waals surface area contributed by atoms with Gasteiger partial charge in [0.1, 0.15) is 24.3 Å². The fourth-order valence-electron chi connectivity index (χ4n) is 3.98. The van der Waals surface area contributed by atoms with Crippen molar-refractivity contribution in [3.05, 3.63) is 83.4 Å². The van der Waals surface area contributed by atoms with Gasteiger partial charge in [-0.25, -0.2) is 4.98 Å². The third kappa shape index (κ3) is 4.91. The zero-order valence-electron chi connectivity index (χ0n) is 17.1. The molecule has 2 heterocycles. The molecular weight excluding hydrogens is 407 g/mol. The molecule has 5 nitrogen and oxygen atoms in total. The summed E-state index contributed by atoms with van der Waals surface area (Å²) < 4.78 is 45.6. The van der Waals surface area contributed by atoms with Crippen molar-refractivity contribution in [1.29, 1.82) is 0 Å². The van der Waals surface area contributed by atoms with Crippen LogP contribution in [0.2, 0.25) is 0 Å². The number of aromatic nitrogens is 2. The topological polar surface area (TPSA) is 50.5 Å². The molecule has 2 unspecified atom stereocenters. The number of β-amino-alcohol motifs (C(OH)–C–C–N with tert-alkyl or cyclic N) is 1. The number of nitrogens with zero attached hydrogens (tertiary/aromatic N) is 3. The SMILES string of the molecule is Cn1ccnc1C1Cc2ccccc2CN1CC(O)COc1ccc(C(F)(F)F)cc1. The minimum absolute atomic E-state index is 0.00983. The summed E-state index contributed by atoms with van der Waals surface area (Å²) in [6.45, 7) is 1.01. The van der Waals surface area contributed by atoms with E-state index >= 15 is 0 Å². The first-order chi connectivity index (χ1) is 14.8. The van der Waals surface area contributed by atoms with Crippen LogP contribution in [-0.4, -0.2) is 38.8 Å². The summed E-state index contributed by atoms with van der Waals surface area (Å²) >= 11 is 0. The van der Waals surface area contributed by atoms with Gasteiger partial charge >= 0.3 is 6.18 Å². The maximum absolute atomic E-state index is 12.7. The molecule has 164 valence electrons. The third-order valence-electron chi connectivity index (χ3n) is 5.57. The molecule has 2 atom stereocenters. The van der Waals surface area contributed by atoms with Crippen LogP contribution in [0, 0.1) is 0 Å². The first kappa shape index (κ1) is 21.4. The number of imidazole rings is 1. The number of aryl methyl sites for hydroxylation is 1. The number of halogens is 3. The van der Waals surface area contributed by atoms with Crippen molar-refractivity contribution in [1.82, 2.24) is 14.5 Å². The largest absolute Gasteiger partial charge is 0.491 e. The smallest absolute Gasteiger partial charge is 0.416 e. The molecule has 1 aliphatic heterocycles. The maximum Gasteiger partial charge on any atom is 0.416 e. The second kappa shape index (κ2) is 8.72. The van der Waals surface area contributed by atoms with E-state index in [0.29, 0.717) is 13.1 Å². The summed E-state index contributed by atoms with van der Waals surface area (Å²) in [6, 6.07) is 12.7. The third-order valence-corrected chi connectivity index (χ3v) is 5.57. The quantitative estimate of drug-likeness (QED) is 0.642. The molecule has 0 saturated heterocycles. The van der Waals surface area contributed by atoms with Gasteiger partial charge in [-0.15, -0.1) is 0 Å². The van der Waals surface area contributed by atoms with Crippen LogP contribution in [0.5, 0.6) is 5.75 Å². The molecule has 1 N–H and O–H groups in total. The van der Waals surface area contributed by atoms with Crippen molar-refractivity contribution in [3.63, 3.8) is 0 Å². The molecule has 1 aromatic heterocycles. The molecule has 0 aliphatic carbocycles. The van der Waals surface area contributed by atoms with Crippen molar-refractivity contribution in [2.75, 3.05) is 13.2 Å². The van der Waals surface area contributed by atoms with Crippen molar-refractivity contribution < 1.29 is 23.0 Å². The van der Waals surface area contributed by atoms with Gasteiger partial charge < -0.3 is 14.4 Å². The maximum atomic E-state index is 12.7. The Morgan fingerprint density at radius 1 is 1.13 bits per heavy atom. The molecule has 2 aromatic carbocycles. The van der Waals surface area contributed by atoms with Crippen molar-refractivity contribution in [2.45, 2.75) is 31.3 Å². The summed E-state index contributed by atoms with van der Waals surface area (Å²) in [5, 5.41) is 10.6. The molecule has 3 aromatic rings. The van der Waals surface area contributed by atoms with Gasteiger partial charge in [0, 0.05) is 32.5 Å². The van der Waals surface area contributed by atoms with E-state index in [2.05, 4.69) is 22.0 Å². The Morgan fingerprint density at radius 2 is 1.84 bits per heavy atom. The first-order valence-corrected chi connectivity index (χ1v) is 10.1. The molecule has 0 spiro atoms. The van der Waals surface area contributed by atoms with Crippen LogP contribution >= 0.6 is 0 Å². The highest BCUT2D eigenvalue weighted by atomic mass is 19.4. The van der Waals surface area contributed by atoms with Crippen molar-refractivity contribution in [2.24, 2.45) is 7.05 Å². The lowest BCUT2D eigenvalue weighted by Gasteiger charge is -2.37. The highest BCUT2D eigenvalue weighted by Gasteiger charge is 2.32. The van der Waals surface area contributed by atoms with Crippen LogP contribution in [0.15, 0.2) is 60.9 Å². The van der Waals surface area contributed by atoms with Gasteiger partial charge in [0.15, 0.2) is 0 Å². The van der Waals surface area contributed by atoms with Gasteiger partial charge in [-0.1, -0.05) is 24.3 Å². The lowest BCUT2D eigenvalue weighted by atomic mass is 9.93. The Kier molecular flexibility index (Phi) is 6.02. The van der Waals surface area contributed by atoms with Gasteiger partial charge in [-0.3, -0.25) is 4.90 Å². The van der Waals surface area contributed by atoms with E-state index in [9.17, 15) is 18.3 Å². The molecule has 4 rings (SSSR count). The minimum Gasteiger partial charge on any atom is -0.491 e. The Hall–Kier alpha value is -2.84. The minimum atomic E-state index is -4.39. The molecule has 0 bridgehead atoms. The molecule has 0 fully saturated rings. The van der Waals surface area contributed by atoms with E-state index in [0.717, 1.165) is 24.4 Å². The number of hydrogen-bond donors (Lipinski definition) is 1. The first-order valence-electron chi connectivity index (χ1n) is 10.1. The standard InChI is InChI=1S/C23H24F3N3O2/c1-28-11-10-27-22(28)21-12-16-4-2-3-5-17(16)13-29(21)14-19(30)15-31-20-8-6-18(7-9-20)23(24,25)26/h2-11,19,21,30H,12-15H2,1H3. The second-order valence-electron chi connectivity index (χ2n) is 7.80. The summed E-state index contributed by atoms with van der Waals surface area (Å²) in [7, 11) is 1.95. The lowest BCUT2D eigenvalue weighted by Crippen LogP contribution is -2.41. The normalized spacial score (nSPS) is 17.9. The molecule has 0 saturated carbocycles. The van der Waals surface area contributed by atoms with Crippen LogP contribution in [0.25, 0.3) is 0 Å². The second-order valence-corrected chi connectivity index (χ2v) is 7.80. The average Bonchev–Trinajstić information content (AvgIpc) is 3.17. The fraction of sp³-hybridized carbons (Fsp3) is 0.348. The van der Waals surface area contributed by atoms with E-state index < -0.39 is 17.8 Å². The van der Waals surface area contributed by atoms with Gasteiger partial charge in [0.25, 0.3) is 0 Å². The number of aliphatic hydroxyl groups is 1. The fourth-order valence-corrected chi connectivity index (χ4v) is 3.98. The Balaban J connectivity index is 1.43. The van der Waals surface area contributed by atoms with Crippen molar-refractivity contribution in [3.8, 4) is 5.75 Å². The number of ether oxygens (including phenoxy) is 1. The Morgan fingerprint density at radius 3 is 2.48 bits per heavy atom. The summed E-state index contributed by atoms with van der Waals surface area (Å²) in [4.78, 5) is 6.68. The molecule has 0 radical (unpaired) electrons. The van der Waals surface area contributed by atoms with Gasteiger partial charge in [-0.05, 0) is 41.8 Å². The van der Waals surface area contributed by atoms with E-state index in [-0.39, 0.29) is 18.4 Å². The predicted octanol–water partition coefficient (Wildman–Crippen LogP) is 3.98. The number of benzene rings is 2. The molecular formula is C23H24F3N3O2. The molecule has 0 amide bonds. The molecule has 1 aliphatic rings. The number of fused-ring (bicyclic) bond motifs is 1. The van der Waals surface area contributed by atoms with Crippen molar-refractivity contribution >= 4 is 0 Å². The van der Waals surface area contributed by atoms with E-state index in [1.807, 2.05) is 29.9 Å². The zero-order chi connectivity index (χ0) is 22.0. The summed E-state index contributed by atoms with van der Waals surface area (Å²) in [6.07, 6.45) is -0.748. The average molecular weight is 431 g/mol.